The van der Waals surface area contributed by atoms with Gasteiger partial charge in [0.05, 0.1) is 0 Å². The van der Waals surface area contributed by atoms with Crippen LogP contribution in [0.25, 0.3) is 0 Å². The Morgan fingerprint density at radius 3 is 2.45 bits per heavy atom. The SMILES string of the molecule is C#Cc1ccccc1C(C(=O)NCCCCC)N(C(=O)C(C)NC(=O)OC(C)(C)C)C1CC1. The third-order valence-corrected chi connectivity index (χ3v) is 5.32. The molecule has 0 bridgehead atoms. The molecule has 1 aliphatic carbocycles. The summed E-state index contributed by atoms with van der Waals surface area (Å²) in [7, 11) is 0. The van der Waals surface area contributed by atoms with Gasteiger partial charge in [-0.25, -0.2) is 4.79 Å². The molecule has 1 aromatic rings. The normalized spacial score (nSPS) is 15.0. The smallest absolute Gasteiger partial charge is 0.408 e. The van der Waals surface area contributed by atoms with Crippen LogP contribution < -0.4 is 10.6 Å². The first-order valence-corrected chi connectivity index (χ1v) is 11.7. The average Bonchev–Trinajstić information content (AvgIpc) is 3.58. The van der Waals surface area contributed by atoms with E-state index in [-0.39, 0.29) is 17.9 Å². The summed E-state index contributed by atoms with van der Waals surface area (Å²) >= 11 is 0. The molecular formula is C26H37N3O4. The number of unbranched alkanes of at least 4 members (excludes halogenated alkanes) is 2. The van der Waals surface area contributed by atoms with E-state index < -0.39 is 23.8 Å². The van der Waals surface area contributed by atoms with Gasteiger partial charge in [0.15, 0.2) is 0 Å². The minimum atomic E-state index is -0.873. The molecular weight excluding hydrogens is 418 g/mol. The summed E-state index contributed by atoms with van der Waals surface area (Å²) in [5.41, 5.74) is 0.491. The standard InChI is InChI=1S/C26H37N3O4/c1-7-9-12-17-27-23(30)22(21-14-11-10-13-19(21)8-2)29(20-15-16-20)24(31)18(3)28-25(32)33-26(4,5)6/h2,10-11,13-14,18,20,22H,7,9,12,15-17H2,1,3-6H3,(H,27,30)(H,28,32). The zero-order valence-corrected chi connectivity index (χ0v) is 20.4. The molecule has 3 amide bonds. The minimum Gasteiger partial charge on any atom is -0.444 e. The average molecular weight is 456 g/mol. The minimum absolute atomic E-state index is 0.0855. The third kappa shape index (κ3) is 7.81. The number of hydrogen-bond donors (Lipinski definition) is 2. The monoisotopic (exact) mass is 455 g/mol. The molecule has 180 valence electrons. The summed E-state index contributed by atoms with van der Waals surface area (Å²) in [4.78, 5) is 40.8. The van der Waals surface area contributed by atoms with E-state index in [0.717, 1.165) is 32.1 Å². The molecule has 2 rings (SSSR count). The van der Waals surface area contributed by atoms with Crippen LogP contribution in [0.4, 0.5) is 4.79 Å². The molecule has 0 aliphatic heterocycles. The first-order chi connectivity index (χ1) is 15.6. The maximum atomic E-state index is 13.5. The maximum absolute atomic E-state index is 13.5. The molecule has 0 saturated heterocycles. The fourth-order valence-corrected chi connectivity index (χ4v) is 3.61. The lowest BCUT2D eigenvalue weighted by molar-refractivity contribution is -0.142. The molecule has 33 heavy (non-hydrogen) atoms. The second kappa shape index (κ2) is 11.7. The Morgan fingerprint density at radius 1 is 1.21 bits per heavy atom. The molecule has 2 unspecified atom stereocenters. The Balaban J connectivity index is 2.32. The lowest BCUT2D eigenvalue weighted by atomic mass is 9.97. The number of alkyl carbamates (subject to hydrolysis) is 1. The fourth-order valence-electron chi connectivity index (χ4n) is 3.61. The number of nitrogens with one attached hydrogen (secondary N) is 2. The van der Waals surface area contributed by atoms with Gasteiger partial charge < -0.3 is 20.3 Å². The van der Waals surface area contributed by atoms with Crippen molar-refractivity contribution in [2.75, 3.05) is 6.54 Å². The molecule has 1 saturated carbocycles. The molecule has 1 aromatic carbocycles. The topological polar surface area (TPSA) is 87.7 Å². The molecule has 7 heteroatoms. The van der Waals surface area contributed by atoms with Gasteiger partial charge >= 0.3 is 6.09 Å². The summed E-state index contributed by atoms with van der Waals surface area (Å²) in [6, 6.07) is 5.36. The Labute approximate surface area is 197 Å². The summed E-state index contributed by atoms with van der Waals surface area (Å²) < 4.78 is 5.29. The molecule has 2 atom stereocenters. The van der Waals surface area contributed by atoms with Gasteiger partial charge in [0.25, 0.3) is 0 Å². The quantitative estimate of drug-likeness (QED) is 0.413. The molecule has 7 nitrogen and oxygen atoms in total. The zero-order chi connectivity index (χ0) is 24.6. The Hall–Kier alpha value is -3.01. The van der Waals surface area contributed by atoms with Gasteiger partial charge in [-0.1, -0.05) is 43.9 Å². The van der Waals surface area contributed by atoms with E-state index in [1.807, 2.05) is 12.1 Å². The van der Waals surface area contributed by atoms with E-state index in [2.05, 4.69) is 23.5 Å². The van der Waals surface area contributed by atoms with Crippen molar-refractivity contribution in [2.24, 2.45) is 0 Å². The zero-order valence-electron chi connectivity index (χ0n) is 20.4. The summed E-state index contributed by atoms with van der Waals surface area (Å²) in [5.74, 6) is 2.03. The van der Waals surface area contributed by atoms with Crippen molar-refractivity contribution in [1.82, 2.24) is 15.5 Å². The predicted octanol–water partition coefficient (Wildman–Crippen LogP) is 3.92. The Morgan fingerprint density at radius 2 is 1.88 bits per heavy atom. The fraction of sp³-hybridized carbons (Fsp3) is 0.577. The molecule has 0 radical (unpaired) electrons. The number of terminal acetylenes is 1. The van der Waals surface area contributed by atoms with Crippen LogP contribution in [0.2, 0.25) is 0 Å². The van der Waals surface area contributed by atoms with Crippen molar-refractivity contribution in [2.45, 2.75) is 90.4 Å². The molecule has 2 N–H and O–H groups in total. The third-order valence-electron chi connectivity index (χ3n) is 5.32. The van der Waals surface area contributed by atoms with E-state index >= 15 is 0 Å². The maximum Gasteiger partial charge on any atom is 0.408 e. The highest BCUT2D eigenvalue weighted by Gasteiger charge is 2.43. The predicted molar refractivity (Wildman–Crippen MR) is 128 cm³/mol. The number of nitrogens with zero attached hydrogens (tertiary/aromatic N) is 1. The van der Waals surface area contributed by atoms with Crippen molar-refractivity contribution in [3.63, 3.8) is 0 Å². The van der Waals surface area contributed by atoms with Gasteiger partial charge in [-0.2, -0.15) is 0 Å². The first kappa shape index (κ1) is 26.2. The van der Waals surface area contributed by atoms with Crippen molar-refractivity contribution in [3.05, 3.63) is 35.4 Å². The van der Waals surface area contributed by atoms with Crippen LogP contribution >= 0.6 is 0 Å². The number of ether oxygens (including phenoxy) is 1. The van der Waals surface area contributed by atoms with E-state index in [1.165, 1.54) is 0 Å². The van der Waals surface area contributed by atoms with Crippen molar-refractivity contribution < 1.29 is 19.1 Å². The van der Waals surface area contributed by atoms with E-state index in [9.17, 15) is 14.4 Å². The van der Waals surface area contributed by atoms with Crippen LogP contribution in [0, 0.1) is 12.3 Å². The van der Waals surface area contributed by atoms with Crippen LogP contribution in [-0.2, 0) is 14.3 Å². The van der Waals surface area contributed by atoms with E-state index in [4.69, 9.17) is 11.2 Å². The lowest BCUT2D eigenvalue weighted by Crippen LogP contribution is -2.53. The van der Waals surface area contributed by atoms with Gasteiger partial charge in [0.2, 0.25) is 11.8 Å². The van der Waals surface area contributed by atoms with Crippen molar-refractivity contribution in [3.8, 4) is 12.3 Å². The van der Waals surface area contributed by atoms with Gasteiger partial charge in [-0.3, -0.25) is 9.59 Å². The molecule has 0 heterocycles. The highest BCUT2D eigenvalue weighted by molar-refractivity contribution is 5.92. The number of carbonyl (C=O) groups is 3. The Bertz CT molecular complexity index is 880. The van der Waals surface area contributed by atoms with Crippen LogP contribution in [-0.4, -0.2) is 47.0 Å². The summed E-state index contributed by atoms with van der Waals surface area (Å²) in [6.45, 7) is 9.49. The van der Waals surface area contributed by atoms with Crippen LogP contribution in [0.1, 0.15) is 83.9 Å². The number of hydrogen-bond acceptors (Lipinski definition) is 4. The number of carbonyl (C=O) groups excluding carboxylic acids is 3. The van der Waals surface area contributed by atoms with Gasteiger partial charge in [0.1, 0.15) is 17.7 Å². The number of rotatable bonds is 10. The highest BCUT2D eigenvalue weighted by Crippen LogP contribution is 2.36. The highest BCUT2D eigenvalue weighted by atomic mass is 16.6. The van der Waals surface area contributed by atoms with E-state index in [1.54, 1.807) is 44.7 Å². The summed E-state index contributed by atoms with van der Waals surface area (Å²) in [5, 5.41) is 5.59. The number of amides is 3. The molecule has 1 fully saturated rings. The second-order valence-electron chi connectivity index (χ2n) is 9.48. The second-order valence-corrected chi connectivity index (χ2v) is 9.48. The number of benzene rings is 1. The van der Waals surface area contributed by atoms with Gasteiger partial charge in [-0.15, -0.1) is 6.42 Å². The van der Waals surface area contributed by atoms with Crippen LogP contribution in [0.3, 0.4) is 0 Å². The van der Waals surface area contributed by atoms with Crippen molar-refractivity contribution in [1.29, 1.82) is 0 Å². The van der Waals surface area contributed by atoms with Gasteiger partial charge in [-0.05, 0) is 58.6 Å². The van der Waals surface area contributed by atoms with Crippen LogP contribution in [0.15, 0.2) is 24.3 Å². The molecule has 1 aliphatic rings. The first-order valence-electron chi connectivity index (χ1n) is 11.7. The largest absolute Gasteiger partial charge is 0.444 e. The van der Waals surface area contributed by atoms with E-state index in [0.29, 0.717) is 17.7 Å². The van der Waals surface area contributed by atoms with Crippen molar-refractivity contribution >= 4 is 17.9 Å². The molecule has 0 aromatic heterocycles. The summed E-state index contributed by atoms with van der Waals surface area (Å²) in [6.07, 6.45) is 9.54. The Kier molecular flexibility index (Phi) is 9.33. The lowest BCUT2D eigenvalue weighted by Gasteiger charge is -2.34. The van der Waals surface area contributed by atoms with Gasteiger partial charge in [0, 0.05) is 18.2 Å². The molecule has 0 spiro atoms. The van der Waals surface area contributed by atoms with Crippen LogP contribution in [0.5, 0.6) is 0 Å².